The maximum atomic E-state index is 12.5. The van der Waals surface area contributed by atoms with Gasteiger partial charge in [0, 0.05) is 41.8 Å². The summed E-state index contributed by atoms with van der Waals surface area (Å²) in [6.07, 6.45) is 7.10. The van der Waals surface area contributed by atoms with Crippen LogP contribution in [0.25, 0.3) is 17.0 Å². The molecule has 1 aromatic carbocycles. The minimum absolute atomic E-state index is 0.188. The number of fused-ring (bicyclic) bond motifs is 1. The first kappa shape index (κ1) is 17.7. The van der Waals surface area contributed by atoms with Crippen molar-refractivity contribution in [2.24, 2.45) is 0 Å². The molecule has 2 aromatic rings. The minimum Gasteiger partial charge on any atom is -0.467 e. The predicted octanol–water partition coefficient (Wildman–Crippen LogP) is 2.73. The molecule has 0 saturated carbocycles. The Kier molecular flexibility index (Phi) is 5.37. The molecule has 1 unspecified atom stereocenters. The molecule has 1 aromatic heterocycles. The van der Waals surface area contributed by atoms with Crippen molar-refractivity contribution in [2.45, 2.75) is 31.8 Å². The zero-order valence-corrected chi connectivity index (χ0v) is 14.7. The molecule has 0 N–H and O–H groups in total. The highest BCUT2D eigenvalue weighted by atomic mass is 16.5. The van der Waals surface area contributed by atoms with E-state index in [0.29, 0.717) is 25.9 Å². The van der Waals surface area contributed by atoms with E-state index in [1.165, 1.54) is 13.2 Å². The normalized spacial score (nSPS) is 16.9. The van der Waals surface area contributed by atoms with Crippen LogP contribution in [0.5, 0.6) is 0 Å². The lowest BCUT2D eigenvalue weighted by atomic mass is 10.1. The summed E-state index contributed by atoms with van der Waals surface area (Å²) in [5.74, 6) is -0.552. The van der Waals surface area contributed by atoms with E-state index in [2.05, 4.69) is 6.07 Å². The van der Waals surface area contributed by atoms with Gasteiger partial charge in [0.25, 0.3) is 0 Å². The summed E-state index contributed by atoms with van der Waals surface area (Å²) in [5.41, 5.74) is 1.95. The molecule has 1 atom stereocenters. The highest BCUT2D eigenvalue weighted by Gasteiger charge is 2.33. The average molecular weight is 351 g/mol. The number of amides is 1. The van der Waals surface area contributed by atoms with Gasteiger partial charge in [-0.15, -0.1) is 0 Å². The molecule has 1 saturated heterocycles. The topological polar surface area (TPSA) is 75.3 Å². The molecule has 1 fully saturated rings. The molecule has 134 valence electrons. The van der Waals surface area contributed by atoms with E-state index in [4.69, 9.17) is 10.00 Å². The second-order valence-electron chi connectivity index (χ2n) is 6.25. The van der Waals surface area contributed by atoms with Crippen molar-refractivity contribution in [3.8, 4) is 6.07 Å². The fourth-order valence-corrected chi connectivity index (χ4v) is 3.43. The number of carbonyl (C=O) groups excluding carboxylic acids is 2. The maximum Gasteiger partial charge on any atom is 0.328 e. The number of carbonyl (C=O) groups is 2. The minimum atomic E-state index is -0.492. The summed E-state index contributed by atoms with van der Waals surface area (Å²) in [6.45, 7) is 1.17. The van der Waals surface area contributed by atoms with Gasteiger partial charge in [-0.2, -0.15) is 5.26 Å². The van der Waals surface area contributed by atoms with Crippen LogP contribution in [-0.4, -0.2) is 41.0 Å². The van der Waals surface area contributed by atoms with Crippen LogP contribution in [0.1, 0.15) is 24.8 Å². The third kappa shape index (κ3) is 3.47. The quantitative estimate of drug-likeness (QED) is 0.613. The number of methoxy groups -OCH3 is 1. The molecule has 0 bridgehead atoms. The van der Waals surface area contributed by atoms with Gasteiger partial charge in [0.15, 0.2) is 0 Å². The Morgan fingerprint density at radius 3 is 2.96 bits per heavy atom. The Hall–Kier alpha value is -3.07. The van der Waals surface area contributed by atoms with E-state index in [1.54, 1.807) is 11.0 Å². The monoisotopic (exact) mass is 351 g/mol. The Bertz CT molecular complexity index is 891. The third-order valence-corrected chi connectivity index (χ3v) is 4.70. The van der Waals surface area contributed by atoms with Gasteiger partial charge in [0.2, 0.25) is 5.91 Å². The first-order valence-electron chi connectivity index (χ1n) is 8.67. The van der Waals surface area contributed by atoms with E-state index in [9.17, 15) is 9.59 Å². The highest BCUT2D eigenvalue weighted by Crippen LogP contribution is 2.24. The number of likely N-dealkylation sites (tertiary alicyclic amines) is 1. The van der Waals surface area contributed by atoms with Gasteiger partial charge >= 0.3 is 5.97 Å². The van der Waals surface area contributed by atoms with Crippen molar-refractivity contribution < 1.29 is 14.3 Å². The van der Waals surface area contributed by atoms with Crippen molar-refractivity contribution >= 4 is 28.9 Å². The van der Waals surface area contributed by atoms with Crippen LogP contribution in [0.15, 0.2) is 36.5 Å². The van der Waals surface area contributed by atoms with Gasteiger partial charge < -0.3 is 14.2 Å². The van der Waals surface area contributed by atoms with E-state index in [1.807, 2.05) is 35.0 Å². The van der Waals surface area contributed by atoms with Gasteiger partial charge in [0.05, 0.1) is 19.6 Å². The number of nitrogens with zero attached hydrogens (tertiary/aromatic N) is 3. The molecule has 1 aliphatic rings. The summed E-state index contributed by atoms with van der Waals surface area (Å²) in [6, 6.07) is 9.56. The standard InChI is InChI=1S/C20H21N3O3/c1-26-20(25)18-8-4-13-23(18)19(24)10-9-15-14-22(12-5-11-21)17-7-3-2-6-16(15)17/h2-3,6-7,9-10,14,18H,4-5,8,12-13H2,1H3. The molecule has 1 amide bonds. The number of rotatable bonds is 5. The Morgan fingerprint density at radius 2 is 2.19 bits per heavy atom. The maximum absolute atomic E-state index is 12.5. The van der Waals surface area contributed by atoms with Gasteiger partial charge in [-0.05, 0) is 25.0 Å². The van der Waals surface area contributed by atoms with E-state index < -0.39 is 6.04 Å². The molecular weight excluding hydrogens is 330 g/mol. The van der Waals surface area contributed by atoms with Crippen LogP contribution in [0.3, 0.4) is 0 Å². The molecule has 2 heterocycles. The molecular formula is C20H21N3O3. The first-order valence-corrected chi connectivity index (χ1v) is 8.67. The van der Waals surface area contributed by atoms with Gasteiger partial charge in [-0.3, -0.25) is 4.79 Å². The summed E-state index contributed by atoms with van der Waals surface area (Å²) >= 11 is 0. The van der Waals surface area contributed by atoms with Crippen LogP contribution in [0.2, 0.25) is 0 Å². The number of para-hydroxylation sites is 1. The first-order chi connectivity index (χ1) is 12.7. The summed E-state index contributed by atoms with van der Waals surface area (Å²) in [4.78, 5) is 25.9. The smallest absolute Gasteiger partial charge is 0.328 e. The van der Waals surface area contributed by atoms with Crippen molar-refractivity contribution in [3.05, 3.63) is 42.1 Å². The Morgan fingerprint density at radius 1 is 1.38 bits per heavy atom. The van der Waals surface area contributed by atoms with E-state index >= 15 is 0 Å². The summed E-state index contributed by atoms with van der Waals surface area (Å²) in [5, 5.41) is 9.86. The number of benzene rings is 1. The molecule has 26 heavy (non-hydrogen) atoms. The van der Waals surface area contributed by atoms with Crippen LogP contribution < -0.4 is 0 Å². The van der Waals surface area contributed by atoms with E-state index in [-0.39, 0.29) is 11.9 Å². The van der Waals surface area contributed by atoms with Crippen LogP contribution in [0.4, 0.5) is 0 Å². The Labute approximate surface area is 152 Å². The zero-order chi connectivity index (χ0) is 18.5. The van der Waals surface area contributed by atoms with Crippen LogP contribution in [0, 0.1) is 11.3 Å². The van der Waals surface area contributed by atoms with Crippen LogP contribution in [-0.2, 0) is 20.9 Å². The molecule has 6 heteroatoms. The molecule has 1 aliphatic heterocycles. The second-order valence-corrected chi connectivity index (χ2v) is 6.25. The lowest BCUT2D eigenvalue weighted by Gasteiger charge is -2.20. The van der Waals surface area contributed by atoms with Crippen molar-refractivity contribution in [1.29, 1.82) is 5.26 Å². The number of ether oxygens (including phenoxy) is 1. The highest BCUT2D eigenvalue weighted by molar-refractivity contribution is 5.98. The molecule has 0 spiro atoms. The summed E-state index contributed by atoms with van der Waals surface area (Å²) in [7, 11) is 1.34. The lowest BCUT2D eigenvalue weighted by Crippen LogP contribution is -2.40. The van der Waals surface area contributed by atoms with Gasteiger partial charge in [-0.1, -0.05) is 18.2 Å². The van der Waals surface area contributed by atoms with Crippen molar-refractivity contribution in [3.63, 3.8) is 0 Å². The number of aromatic nitrogens is 1. The predicted molar refractivity (Wildman–Crippen MR) is 98.0 cm³/mol. The number of esters is 1. The largest absolute Gasteiger partial charge is 0.467 e. The Balaban J connectivity index is 1.83. The number of nitriles is 1. The van der Waals surface area contributed by atoms with Gasteiger partial charge in [-0.25, -0.2) is 4.79 Å². The molecule has 6 nitrogen and oxygen atoms in total. The lowest BCUT2D eigenvalue weighted by molar-refractivity contribution is -0.149. The second kappa shape index (κ2) is 7.87. The van der Waals surface area contributed by atoms with Crippen LogP contribution >= 0.6 is 0 Å². The number of aryl methyl sites for hydroxylation is 1. The molecule has 0 radical (unpaired) electrons. The summed E-state index contributed by atoms with van der Waals surface area (Å²) < 4.78 is 6.81. The number of hydrogen-bond donors (Lipinski definition) is 0. The fourth-order valence-electron chi connectivity index (χ4n) is 3.43. The van der Waals surface area contributed by atoms with E-state index in [0.717, 1.165) is 22.9 Å². The third-order valence-electron chi connectivity index (χ3n) is 4.70. The fraction of sp³-hybridized carbons (Fsp3) is 0.350. The van der Waals surface area contributed by atoms with Crippen molar-refractivity contribution in [1.82, 2.24) is 9.47 Å². The van der Waals surface area contributed by atoms with Gasteiger partial charge in [0.1, 0.15) is 6.04 Å². The number of hydrogen-bond acceptors (Lipinski definition) is 4. The van der Waals surface area contributed by atoms with Crippen molar-refractivity contribution in [2.75, 3.05) is 13.7 Å². The molecule has 3 rings (SSSR count). The zero-order valence-electron chi connectivity index (χ0n) is 14.7. The SMILES string of the molecule is COC(=O)C1CCCN1C(=O)C=Cc1cn(CCC#N)c2ccccc12. The molecule has 0 aliphatic carbocycles. The average Bonchev–Trinajstić information content (AvgIpc) is 3.29.